The van der Waals surface area contributed by atoms with Crippen LogP contribution in [0.1, 0.15) is 30.9 Å². The number of hydrogen-bond donors (Lipinski definition) is 1. The van der Waals surface area contributed by atoms with Gasteiger partial charge in [-0.15, -0.1) is 6.42 Å². The summed E-state index contributed by atoms with van der Waals surface area (Å²) < 4.78 is 5.74. The highest BCUT2D eigenvalue weighted by atomic mass is 35.5. The monoisotopic (exact) mass is 265 g/mol. The van der Waals surface area contributed by atoms with Crippen LogP contribution in [0.25, 0.3) is 0 Å². The first-order chi connectivity index (χ1) is 8.56. The molecule has 1 N–H and O–H groups in total. The van der Waals surface area contributed by atoms with Crippen LogP contribution in [0.3, 0.4) is 0 Å². The number of hydrogen-bond acceptors (Lipinski definition) is 2. The van der Waals surface area contributed by atoms with Crippen molar-refractivity contribution in [2.24, 2.45) is 0 Å². The normalized spacial score (nSPS) is 10.4. The van der Waals surface area contributed by atoms with E-state index in [1.165, 1.54) is 0 Å². The molecule has 0 aliphatic carbocycles. The second-order valence-electron chi connectivity index (χ2n) is 4.52. The van der Waals surface area contributed by atoms with Gasteiger partial charge in [-0.3, -0.25) is 0 Å². The summed E-state index contributed by atoms with van der Waals surface area (Å²) >= 11 is 6.21. The van der Waals surface area contributed by atoms with Gasteiger partial charge in [-0.1, -0.05) is 31.4 Å². The largest absolute Gasteiger partial charge is 0.492 e. The maximum Gasteiger partial charge on any atom is 0.122 e. The van der Waals surface area contributed by atoms with E-state index >= 15 is 0 Å². The lowest BCUT2D eigenvalue weighted by atomic mass is 10.0. The van der Waals surface area contributed by atoms with Crippen molar-refractivity contribution in [3.63, 3.8) is 0 Å². The second-order valence-corrected chi connectivity index (χ2v) is 4.93. The Bertz CT molecular complexity index is 435. The maximum atomic E-state index is 6.21. The Hall–Kier alpha value is -1.17. The van der Waals surface area contributed by atoms with Crippen LogP contribution in [0.4, 0.5) is 0 Å². The van der Waals surface area contributed by atoms with Crippen LogP contribution < -0.4 is 10.1 Å². The maximum absolute atomic E-state index is 6.21. The molecule has 0 radical (unpaired) electrons. The van der Waals surface area contributed by atoms with Crippen molar-refractivity contribution >= 4 is 11.6 Å². The number of rotatable bonds is 6. The van der Waals surface area contributed by atoms with Gasteiger partial charge >= 0.3 is 0 Å². The van der Waals surface area contributed by atoms with Gasteiger partial charge in [-0.25, -0.2) is 0 Å². The van der Waals surface area contributed by atoms with Crippen molar-refractivity contribution in [3.05, 3.63) is 28.3 Å². The molecule has 0 aliphatic rings. The Balaban J connectivity index is 2.65. The molecule has 0 bridgehead atoms. The summed E-state index contributed by atoms with van der Waals surface area (Å²) in [4.78, 5) is 0. The standard InChI is InChI=1S/C15H20ClNO/c1-5-6-17-7-8-18-15-10-13(11(2)3)14(16)9-12(15)4/h1,9-11,17H,6-8H2,2-4H3. The van der Waals surface area contributed by atoms with Crippen LogP contribution in [0.15, 0.2) is 12.1 Å². The van der Waals surface area contributed by atoms with Crippen molar-refractivity contribution in [1.82, 2.24) is 5.32 Å². The van der Waals surface area contributed by atoms with Gasteiger partial charge in [-0.2, -0.15) is 0 Å². The van der Waals surface area contributed by atoms with E-state index in [9.17, 15) is 0 Å². The minimum absolute atomic E-state index is 0.389. The topological polar surface area (TPSA) is 21.3 Å². The summed E-state index contributed by atoms with van der Waals surface area (Å²) in [7, 11) is 0. The van der Waals surface area contributed by atoms with E-state index in [4.69, 9.17) is 22.8 Å². The first-order valence-electron chi connectivity index (χ1n) is 6.13. The molecule has 0 amide bonds. The molecular formula is C15H20ClNO. The molecule has 3 heteroatoms. The number of ether oxygens (including phenoxy) is 1. The molecule has 0 spiro atoms. The molecule has 0 aliphatic heterocycles. The van der Waals surface area contributed by atoms with Gasteiger partial charge in [0.1, 0.15) is 12.4 Å². The highest BCUT2D eigenvalue weighted by Gasteiger charge is 2.09. The summed E-state index contributed by atoms with van der Waals surface area (Å²) in [5.41, 5.74) is 2.18. The molecule has 98 valence electrons. The minimum atomic E-state index is 0.389. The number of aryl methyl sites for hydroxylation is 1. The fraction of sp³-hybridized carbons (Fsp3) is 0.467. The van der Waals surface area contributed by atoms with Crippen molar-refractivity contribution in [2.45, 2.75) is 26.7 Å². The lowest BCUT2D eigenvalue weighted by molar-refractivity contribution is 0.314. The van der Waals surface area contributed by atoms with Crippen molar-refractivity contribution in [1.29, 1.82) is 0 Å². The third kappa shape index (κ3) is 4.25. The van der Waals surface area contributed by atoms with Gasteiger partial charge in [-0.05, 0) is 36.1 Å². The van der Waals surface area contributed by atoms with Crippen LogP contribution in [0.2, 0.25) is 5.02 Å². The van der Waals surface area contributed by atoms with E-state index in [0.717, 1.165) is 28.4 Å². The predicted molar refractivity (Wildman–Crippen MR) is 77.5 cm³/mol. The van der Waals surface area contributed by atoms with Crippen LogP contribution >= 0.6 is 11.6 Å². The Morgan fingerprint density at radius 2 is 2.17 bits per heavy atom. The van der Waals surface area contributed by atoms with Crippen molar-refractivity contribution in [3.8, 4) is 18.1 Å². The van der Waals surface area contributed by atoms with E-state index in [1.54, 1.807) is 0 Å². The lowest BCUT2D eigenvalue weighted by Crippen LogP contribution is -2.21. The van der Waals surface area contributed by atoms with Gasteiger partial charge < -0.3 is 10.1 Å². The zero-order chi connectivity index (χ0) is 13.5. The van der Waals surface area contributed by atoms with E-state index in [-0.39, 0.29) is 0 Å². The van der Waals surface area contributed by atoms with Crippen LogP contribution in [0, 0.1) is 19.3 Å². The van der Waals surface area contributed by atoms with Gasteiger partial charge in [0.25, 0.3) is 0 Å². The molecule has 2 nitrogen and oxygen atoms in total. The Morgan fingerprint density at radius 3 is 2.78 bits per heavy atom. The fourth-order valence-electron chi connectivity index (χ4n) is 1.66. The van der Waals surface area contributed by atoms with E-state index < -0.39 is 0 Å². The summed E-state index contributed by atoms with van der Waals surface area (Å²) in [5, 5.41) is 3.89. The predicted octanol–water partition coefficient (Wildman–Crippen LogP) is 3.37. The van der Waals surface area contributed by atoms with Gasteiger partial charge in [0, 0.05) is 11.6 Å². The molecule has 0 fully saturated rings. The van der Waals surface area contributed by atoms with E-state index in [2.05, 4.69) is 25.1 Å². The van der Waals surface area contributed by atoms with Gasteiger partial charge in [0.2, 0.25) is 0 Å². The average molecular weight is 266 g/mol. The lowest BCUT2D eigenvalue weighted by Gasteiger charge is -2.14. The Morgan fingerprint density at radius 1 is 1.44 bits per heavy atom. The number of benzene rings is 1. The van der Waals surface area contributed by atoms with E-state index in [1.807, 2.05) is 19.1 Å². The smallest absolute Gasteiger partial charge is 0.122 e. The van der Waals surface area contributed by atoms with Crippen LogP contribution in [-0.4, -0.2) is 19.7 Å². The molecule has 1 aromatic carbocycles. The second kappa shape index (κ2) is 7.31. The Labute approximate surface area is 115 Å². The average Bonchev–Trinajstić information content (AvgIpc) is 2.30. The highest BCUT2D eigenvalue weighted by Crippen LogP contribution is 2.31. The summed E-state index contributed by atoms with van der Waals surface area (Å²) in [6.07, 6.45) is 5.15. The van der Waals surface area contributed by atoms with Gasteiger partial charge in [0.05, 0.1) is 6.54 Å². The molecular weight excluding hydrogens is 246 g/mol. The summed E-state index contributed by atoms with van der Waals surface area (Å²) in [6.45, 7) is 8.15. The summed E-state index contributed by atoms with van der Waals surface area (Å²) in [5.74, 6) is 3.81. The molecule has 0 atom stereocenters. The quantitative estimate of drug-likeness (QED) is 0.629. The first kappa shape index (κ1) is 14.9. The molecule has 18 heavy (non-hydrogen) atoms. The highest BCUT2D eigenvalue weighted by molar-refractivity contribution is 6.31. The SMILES string of the molecule is C#CCNCCOc1cc(C(C)C)c(Cl)cc1C. The zero-order valence-electron chi connectivity index (χ0n) is 11.2. The molecule has 0 saturated heterocycles. The number of terminal acetylenes is 1. The van der Waals surface area contributed by atoms with Crippen LogP contribution in [-0.2, 0) is 0 Å². The molecule has 0 aromatic heterocycles. The number of nitrogens with one attached hydrogen (secondary N) is 1. The minimum Gasteiger partial charge on any atom is -0.492 e. The molecule has 1 aromatic rings. The molecule has 0 unspecified atom stereocenters. The molecule has 0 heterocycles. The van der Waals surface area contributed by atoms with Gasteiger partial charge in [0.15, 0.2) is 0 Å². The third-order valence-corrected chi connectivity index (χ3v) is 3.01. The van der Waals surface area contributed by atoms with Crippen molar-refractivity contribution in [2.75, 3.05) is 19.7 Å². The van der Waals surface area contributed by atoms with E-state index in [0.29, 0.717) is 19.1 Å². The molecule has 1 rings (SSSR count). The first-order valence-corrected chi connectivity index (χ1v) is 6.51. The number of halogens is 1. The molecule has 0 saturated carbocycles. The summed E-state index contributed by atoms with van der Waals surface area (Å²) in [6, 6.07) is 3.99. The Kier molecular flexibility index (Phi) is 6.04. The third-order valence-electron chi connectivity index (χ3n) is 2.68. The van der Waals surface area contributed by atoms with Crippen LogP contribution in [0.5, 0.6) is 5.75 Å². The van der Waals surface area contributed by atoms with Crippen molar-refractivity contribution < 1.29 is 4.74 Å². The fourth-order valence-corrected chi connectivity index (χ4v) is 2.10. The zero-order valence-corrected chi connectivity index (χ0v) is 12.0.